The zero-order valence-electron chi connectivity index (χ0n) is 8.57. The van der Waals surface area contributed by atoms with Crippen molar-refractivity contribution in [3.8, 4) is 5.75 Å². The Kier molecular flexibility index (Phi) is 4.12. The summed E-state index contributed by atoms with van der Waals surface area (Å²) in [4.78, 5) is 0. The predicted molar refractivity (Wildman–Crippen MR) is 50.5 cm³/mol. The topological polar surface area (TPSA) is 21.3 Å². The second-order valence-corrected chi connectivity index (χ2v) is 3.09. The van der Waals surface area contributed by atoms with Crippen molar-refractivity contribution in [2.24, 2.45) is 0 Å². The summed E-state index contributed by atoms with van der Waals surface area (Å²) in [6, 6.07) is 3.37. The molecule has 90 valence electrons. The predicted octanol–water partition coefficient (Wildman–Crippen LogP) is 2.83. The summed E-state index contributed by atoms with van der Waals surface area (Å²) in [5.74, 6) is -1.83. The van der Waals surface area contributed by atoms with Crippen molar-refractivity contribution >= 4 is 0 Å². The van der Waals surface area contributed by atoms with Gasteiger partial charge in [-0.25, -0.2) is 4.39 Å². The highest BCUT2D eigenvalue weighted by Gasteiger charge is 2.32. The lowest BCUT2D eigenvalue weighted by Crippen LogP contribution is -2.18. The number of alkyl halides is 3. The molecule has 1 N–H and O–H groups in total. The molecule has 0 unspecified atom stereocenters. The van der Waals surface area contributed by atoms with E-state index in [4.69, 9.17) is 0 Å². The van der Waals surface area contributed by atoms with Crippen LogP contribution in [0.4, 0.5) is 17.6 Å². The molecular formula is C10H11F4NO. The van der Waals surface area contributed by atoms with Gasteiger partial charge in [-0.2, -0.15) is 0 Å². The highest BCUT2D eigenvalue weighted by Crippen LogP contribution is 2.25. The molecule has 6 heteroatoms. The highest BCUT2D eigenvalue weighted by molar-refractivity contribution is 5.29. The van der Waals surface area contributed by atoms with Gasteiger partial charge in [0.05, 0.1) is 0 Å². The van der Waals surface area contributed by atoms with Crippen molar-refractivity contribution in [1.82, 2.24) is 5.32 Å². The van der Waals surface area contributed by atoms with Gasteiger partial charge in [0, 0.05) is 6.54 Å². The van der Waals surface area contributed by atoms with Crippen LogP contribution in [-0.4, -0.2) is 12.9 Å². The average molecular weight is 237 g/mol. The largest absolute Gasteiger partial charge is 0.573 e. The molecule has 0 bridgehead atoms. The number of halogens is 4. The monoisotopic (exact) mass is 237 g/mol. The molecular weight excluding hydrogens is 226 g/mol. The van der Waals surface area contributed by atoms with Crippen LogP contribution < -0.4 is 10.1 Å². The molecule has 0 spiro atoms. The Labute approximate surface area is 90.2 Å². The van der Waals surface area contributed by atoms with E-state index >= 15 is 0 Å². The molecule has 0 aliphatic heterocycles. The van der Waals surface area contributed by atoms with Gasteiger partial charge < -0.3 is 10.1 Å². The van der Waals surface area contributed by atoms with E-state index in [9.17, 15) is 17.6 Å². The second kappa shape index (κ2) is 5.16. The maximum atomic E-state index is 13.2. The molecule has 0 aromatic heterocycles. The quantitative estimate of drug-likeness (QED) is 0.813. The summed E-state index contributed by atoms with van der Waals surface area (Å²) >= 11 is 0. The van der Waals surface area contributed by atoms with Gasteiger partial charge in [-0.15, -0.1) is 13.2 Å². The van der Waals surface area contributed by atoms with Crippen molar-refractivity contribution in [2.45, 2.75) is 19.8 Å². The van der Waals surface area contributed by atoms with E-state index in [-0.39, 0.29) is 0 Å². The first-order valence-electron chi connectivity index (χ1n) is 4.67. The van der Waals surface area contributed by atoms with Crippen molar-refractivity contribution in [2.75, 3.05) is 6.54 Å². The lowest BCUT2D eigenvalue weighted by atomic mass is 10.2. The van der Waals surface area contributed by atoms with Gasteiger partial charge >= 0.3 is 6.36 Å². The Morgan fingerprint density at radius 3 is 2.50 bits per heavy atom. The Balaban J connectivity index is 2.75. The van der Waals surface area contributed by atoms with Crippen LogP contribution in [-0.2, 0) is 6.54 Å². The Hall–Kier alpha value is -1.30. The van der Waals surface area contributed by atoms with Crippen LogP contribution in [0.2, 0.25) is 0 Å². The molecule has 2 nitrogen and oxygen atoms in total. The molecule has 1 aromatic rings. The van der Waals surface area contributed by atoms with Crippen LogP contribution in [0.5, 0.6) is 5.75 Å². The van der Waals surface area contributed by atoms with Gasteiger partial charge in [0.25, 0.3) is 0 Å². The fourth-order valence-corrected chi connectivity index (χ4v) is 1.13. The SMILES string of the molecule is CCNCc1ccc(OC(F)(F)F)c(F)c1. The molecule has 0 atom stereocenters. The molecule has 0 fully saturated rings. The zero-order valence-corrected chi connectivity index (χ0v) is 8.57. The molecule has 16 heavy (non-hydrogen) atoms. The summed E-state index contributed by atoms with van der Waals surface area (Å²) in [7, 11) is 0. The molecule has 0 amide bonds. The van der Waals surface area contributed by atoms with Gasteiger partial charge in [-0.1, -0.05) is 13.0 Å². The lowest BCUT2D eigenvalue weighted by molar-refractivity contribution is -0.275. The maximum Gasteiger partial charge on any atom is 0.573 e. The van der Waals surface area contributed by atoms with Crippen LogP contribution in [0.3, 0.4) is 0 Å². The van der Waals surface area contributed by atoms with Crippen molar-refractivity contribution in [1.29, 1.82) is 0 Å². The van der Waals surface area contributed by atoms with Crippen LogP contribution in [0.1, 0.15) is 12.5 Å². The van der Waals surface area contributed by atoms with E-state index < -0.39 is 17.9 Å². The van der Waals surface area contributed by atoms with Crippen molar-refractivity contribution in [3.05, 3.63) is 29.6 Å². The summed E-state index contributed by atoms with van der Waals surface area (Å²) in [6.07, 6.45) is -4.87. The normalized spacial score (nSPS) is 11.6. The molecule has 0 radical (unpaired) electrons. The van der Waals surface area contributed by atoms with E-state index in [1.165, 1.54) is 6.07 Å². The first-order valence-corrected chi connectivity index (χ1v) is 4.67. The maximum absolute atomic E-state index is 13.2. The third-order valence-electron chi connectivity index (χ3n) is 1.80. The molecule has 0 saturated carbocycles. The molecule has 0 saturated heterocycles. The highest BCUT2D eigenvalue weighted by atomic mass is 19.4. The summed E-state index contributed by atoms with van der Waals surface area (Å²) in [5, 5.41) is 2.93. The standard InChI is InChI=1S/C10H11F4NO/c1-2-15-6-7-3-4-9(8(11)5-7)16-10(12,13)14/h3-5,15H,2,6H2,1H3. The number of hydrogen-bond donors (Lipinski definition) is 1. The Morgan fingerprint density at radius 2 is 2.00 bits per heavy atom. The first kappa shape index (κ1) is 12.8. The molecule has 0 aliphatic rings. The third-order valence-corrected chi connectivity index (χ3v) is 1.80. The minimum Gasteiger partial charge on any atom is -0.403 e. The minimum atomic E-state index is -4.87. The van der Waals surface area contributed by atoms with Gasteiger partial charge in [0.15, 0.2) is 11.6 Å². The average Bonchev–Trinajstić information content (AvgIpc) is 2.17. The van der Waals surface area contributed by atoms with E-state index in [2.05, 4.69) is 10.1 Å². The number of nitrogens with one attached hydrogen (secondary N) is 1. The lowest BCUT2D eigenvalue weighted by Gasteiger charge is -2.10. The number of ether oxygens (including phenoxy) is 1. The Morgan fingerprint density at radius 1 is 1.31 bits per heavy atom. The fraction of sp³-hybridized carbons (Fsp3) is 0.400. The summed E-state index contributed by atoms with van der Waals surface area (Å²) < 4.78 is 52.1. The van der Waals surface area contributed by atoms with Gasteiger partial charge in [-0.05, 0) is 24.2 Å². The molecule has 1 aromatic carbocycles. The molecule has 1 rings (SSSR count). The van der Waals surface area contributed by atoms with E-state index in [1.54, 1.807) is 0 Å². The van der Waals surface area contributed by atoms with Gasteiger partial charge in [0.1, 0.15) is 0 Å². The van der Waals surface area contributed by atoms with Gasteiger partial charge in [-0.3, -0.25) is 0 Å². The second-order valence-electron chi connectivity index (χ2n) is 3.09. The van der Waals surface area contributed by atoms with E-state index in [1.807, 2.05) is 6.92 Å². The number of benzene rings is 1. The minimum absolute atomic E-state index is 0.402. The number of hydrogen-bond acceptors (Lipinski definition) is 2. The van der Waals surface area contributed by atoms with E-state index in [0.717, 1.165) is 12.1 Å². The fourth-order valence-electron chi connectivity index (χ4n) is 1.13. The van der Waals surface area contributed by atoms with Crippen molar-refractivity contribution < 1.29 is 22.3 Å². The Bertz CT molecular complexity index is 351. The van der Waals surface area contributed by atoms with Gasteiger partial charge in [0.2, 0.25) is 0 Å². The molecule has 0 heterocycles. The van der Waals surface area contributed by atoms with Crippen LogP contribution in [0, 0.1) is 5.82 Å². The molecule has 0 aliphatic carbocycles. The van der Waals surface area contributed by atoms with Crippen molar-refractivity contribution in [3.63, 3.8) is 0 Å². The third kappa shape index (κ3) is 4.06. The van der Waals surface area contributed by atoms with Crippen LogP contribution >= 0.6 is 0 Å². The first-order chi connectivity index (χ1) is 7.42. The smallest absolute Gasteiger partial charge is 0.403 e. The van der Waals surface area contributed by atoms with Crippen LogP contribution in [0.15, 0.2) is 18.2 Å². The summed E-state index contributed by atoms with van der Waals surface area (Å²) in [5.41, 5.74) is 0.564. The van der Waals surface area contributed by atoms with E-state index in [0.29, 0.717) is 18.7 Å². The summed E-state index contributed by atoms with van der Waals surface area (Å²) in [6.45, 7) is 2.97. The number of rotatable bonds is 4. The zero-order chi connectivity index (χ0) is 12.2. The van der Waals surface area contributed by atoms with Crippen LogP contribution in [0.25, 0.3) is 0 Å².